The van der Waals surface area contributed by atoms with Crippen molar-refractivity contribution in [3.63, 3.8) is 0 Å². The van der Waals surface area contributed by atoms with Crippen LogP contribution in [0.25, 0.3) is 153 Å². The summed E-state index contributed by atoms with van der Waals surface area (Å²) >= 11 is 0. The molecule has 116 heavy (non-hydrogen) atoms. The van der Waals surface area contributed by atoms with Crippen molar-refractivity contribution in [3.05, 3.63) is 263 Å². The van der Waals surface area contributed by atoms with Crippen LogP contribution >= 0.6 is 0 Å². The molecule has 5 heterocycles. The molecule has 0 saturated carbocycles. The summed E-state index contributed by atoms with van der Waals surface area (Å²) in [6.07, 6.45) is 0. The number of benzene rings is 10. The molecule has 14 heteroatoms. The standard InChI is InChI=1S/C102H102N4O8S.Ni/c1-95(2,3)55-31-51(32-56(39-55)96(4,5)6)83-87-69-43-63-64(78(108)26-25-77(63)107)44-70(69)88(103-87)84(52-33-57(97(7,8)9)40-58(34-52)98(10,11)12)90-72-46-66-68(82(112)30-28-80(66)110)48-74(72)92(105-90)86(54-37-61(101(19,20)21)42-62(38-54)102(22,23)24)94-76-50-115(113,114)49-75(76)93(106-94)85(53-35-59(99(13,14)15)41-60(36-53)100(16,17)18)91-73-47-67-65(45-71(73)89(83)104-91)79(109)27-29-81(67)111;/h25-48H,49-50H2,1-24H3,(H2,103,104,105,106,107,108,109,110,111,112);/q;+2/p-2. The van der Waals surface area contributed by atoms with Gasteiger partial charge in [0.2, 0.25) is 0 Å². The van der Waals surface area contributed by atoms with Crippen LogP contribution in [-0.2, 0) is 81.2 Å². The Hall–Kier alpha value is -10.4. The fourth-order valence-electron chi connectivity index (χ4n) is 16.9. The normalized spacial score (nSPS) is 14.1. The van der Waals surface area contributed by atoms with Crippen molar-refractivity contribution in [2.45, 2.75) is 221 Å². The van der Waals surface area contributed by atoms with Crippen LogP contribution < -0.4 is 42.5 Å². The van der Waals surface area contributed by atoms with Crippen molar-refractivity contribution in [3.8, 4) is 44.5 Å². The smallest absolute Gasteiger partial charge is 0.656 e. The van der Waals surface area contributed by atoms with Gasteiger partial charge in [0.05, 0.1) is 33.6 Å². The first-order valence-corrected chi connectivity index (χ1v) is 41.8. The zero-order valence-corrected chi connectivity index (χ0v) is 72.9. The molecule has 592 valence electrons. The molecule has 1 aliphatic rings. The zero-order chi connectivity index (χ0) is 83.1. The molecule has 4 aromatic heterocycles. The van der Waals surface area contributed by atoms with Crippen molar-refractivity contribution in [2.24, 2.45) is 0 Å². The second kappa shape index (κ2) is 26.6. The second-order valence-electron chi connectivity index (χ2n) is 40.9. The summed E-state index contributed by atoms with van der Waals surface area (Å²) in [5.41, 5.74) is 9.70. The van der Waals surface area contributed by atoms with Crippen molar-refractivity contribution >= 4 is 119 Å². The molecule has 15 aromatic rings. The quantitative estimate of drug-likeness (QED) is 0.152. The van der Waals surface area contributed by atoms with E-state index in [0.717, 1.165) is 44.5 Å². The topological polar surface area (TPSA) is 191 Å². The van der Waals surface area contributed by atoms with Gasteiger partial charge >= 0.3 is 16.5 Å². The minimum absolute atomic E-state index is 0. The number of nitrogens with zero attached hydrogens (tertiary/aromatic N) is 4. The molecule has 1 aliphatic heterocycles. The molecule has 0 amide bonds. The van der Waals surface area contributed by atoms with Gasteiger partial charge in [-0.3, -0.25) is 28.8 Å². The Bertz CT molecular complexity index is 6890. The first-order chi connectivity index (χ1) is 53.2. The van der Waals surface area contributed by atoms with Gasteiger partial charge in [-0.1, -0.05) is 239 Å². The Labute approximate surface area is 686 Å². The molecular formula is C102H100N4NiO8S. The number of fused-ring (bicyclic) bond motifs is 3. The monoisotopic (exact) mass is 1600 g/mol. The van der Waals surface area contributed by atoms with Crippen LogP contribution in [0.2, 0.25) is 0 Å². The molecule has 0 saturated heterocycles. The second-order valence-corrected chi connectivity index (χ2v) is 43.0. The van der Waals surface area contributed by atoms with E-state index in [1.807, 2.05) is 0 Å². The van der Waals surface area contributed by atoms with Gasteiger partial charge in [-0.2, -0.15) is 0 Å². The number of hydrogen-bond donors (Lipinski definition) is 0. The number of hydrogen-bond acceptors (Lipinski definition) is 10. The van der Waals surface area contributed by atoms with Crippen LogP contribution in [0.4, 0.5) is 0 Å². The molecule has 0 fully saturated rings. The van der Waals surface area contributed by atoms with Crippen LogP contribution in [0.3, 0.4) is 0 Å². The summed E-state index contributed by atoms with van der Waals surface area (Å²) in [4.78, 5) is 115. The Kier molecular flexibility index (Phi) is 18.5. The maximum absolute atomic E-state index is 15.6. The number of aromatic nitrogens is 4. The van der Waals surface area contributed by atoms with E-state index in [1.165, 1.54) is 36.4 Å². The average Bonchev–Trinajstić information content (AvgIpc) is 1.54. The molecule has 0 atom stereocenters. The molecule has 16 rings (SSSR count). The summed E-state index contributed by atoms with van der Waals surface area (Å²) in [7, 11) is -4.03. The fourth-order valence-corrected chi connectivity index (χ4v) is 18.5. The third-order valence-electron chi connectivity index (χ3n) is 24.0. The van der Waals surface area contributed by atoms with Crippen molar-refractivity contribution in [2.75, 3.05) is 0 Å². The Balaban J connectivity index is 0.0000106. The van der Waals surface area contributed by atoms with Gasteiger partial charge in [0.1, 0.15) is 0 Å². The maximum atomic E-state index is 15.6. The van der Waals surface area contributed by atoms with E-state index in [4.69, 9.17) is 19.9 Å². The van der Waals surface area contributed by atoms with Gasteiger partial charge in [0.25, 0.3) is 0 Å². The number of sulfone groups is 1. The molecule has 0 unspecified atom stereocenters. The van der Waals surface area contributed by atoms with Crippen molar-refractivity contribution < 1.29 is 24.9 Å². The summed E-state index contributed by atoms with van der Waals surface area (Å²) in [6, 6.07) is 44.8. The Morgan fingerprint density at radius 2 is 0.414 bits per heavy atom. The van der Waals surface area contributed by atoms with E-state index in [1.54, 1.807) is 36.4 Å². The van der Waals surface area contributed by atoms with Gasteiger partial charge in [0, 0.05) is 53.9 Å². The van der Waals surface area contributed by atoms with Crippen molar-refractivity contribution in [1.82, 2.24) is 19.9 Å². The van der Waals surface area contributed by atoms with Crippen LogP contribution in [0.15, 0.2) is 174 Å². The number of rotatable bonds is 4. The van der Waals surface area contributed by atoms with E-state index in [0.29, 0.717) is 132 Å². The van der Waals surface area contributed by atoms with Crippen molar-refractivity contribution in [1.29, 1.82) is 0 Å². The minimum atomic E-state index is -4.03. The largest absolute Gasteiger partial charge is 2.00 e. The van der Waals surface area contributed by atoms with Crippen LogP contribution in [-0.4, -0.2) is 18.4 Å². The molecule has 12 nitrogen and oxygen atoms in total. The molecule has 11 aromatic carbocycles. The average molecular weight is 1600 g/mol. The molecule has 0 radical (unpaired) electrons. The van der Waals surface area contributed by atoms with Crippen LogP contribution in [0.1, 0.15) is 222 Å². The first-order valence-electron chi connectivity index (χ1n) is 40.0. The van der Waals surface area contributed by atoms with Gasteiger partial charge in [-0.25, -0.2) is 18.4 Å². The van der Waals surface area contributed by atoms with E-state index in [-0.39, 0.29) is 48.8 Å². The summed E-state index contributed by atoms with van der Waals surface area (Å²) in [5.74, 6) is -0.844. The van der Waals surface area contributed by atoms with Crippen LogP contribution in [0, 0.1) is 0 Å². The summed E-state index contributed by atoms with van der Waals surface area (Å²) in [6.45, 7) is 52.0. The van der Waals surface area contributed by atoms with Gasteiger partial charge in [-0.05, 0) is 227 Å². The SMILES string of the molecule is CC(C)(C)c1cc(-c2c3[n-]c(c4c3CS(=O)(=O)C4)c(-c3cc(C(C)(C)C)cc(C(C)(C)C)c3)c3nc(c(-c4cc(C(C)(C)C)cc(C(C)(C)C)c4)c4[n-]c(c(-c5cc(C(C)(C)C)cc(C(C)(C)C)c5)c5nc2c2cc6c(=O)ccc(=O)c6cc52)c2cc5c(=O)ccc(=O)c5cc42)c2cc4c(=O)ccc(=O)c4cc32)cc(C(C)(C)C)c1.[Ni+2]. The van der Waals surface area contributed by atoms with Gasteiger partial charge < -0.3 is 9.97 Å². The van der Waals surface area contributed by atoms with Gasteiger partial charge in [-0.15, -0.1) is 22.1 Å². The van der Waals surface area contributed by atoms with Gasteiger partial charge in [0.15, 0.2) is 42.4 Å². The molecular weight excluding hydrogens is 1500 g/mol. The Morgan fingerprint density at radius 1 is 0.241 bits per heavy atom. The molecule has 0 spiro atoms. The molecule has 8 bridgehead atoms. The zero-order valence-electron chi connectivity index (χ0n) is 71.0. The molecule has 0 N–H and O–H groups in total. The summed E-state index contributed by atoms with van der Waals surface area (Å²) in [5, 5.41) is 3.71. The third-order valence-corrected chi connectivity index (χ3v) is 25.5. The molecule has 0 aliphatic carbocycles. The minimum Gasteiger partial charge on any atom is -0.656 e. The van der Waals surface area contributed by atoms with Crippen LogP contribution in [0.5, 0.6) is 0 Å². The maximum Gasteiger partial charge on any atom is 2.00 e. The first kappa shape index (κ1) is 80.8. The third kappa shape index (κ3) is 13.7. The Morgan fingerprint density at radius 3 is 0.603 bits per heavy atom. The fraction of sp³-hybridized carbons (Fsp3) is 0.333. The van der Waals surface area contributed by atoms with E-state index >= 15 is 18.0 Å². The van der Waals surface area contributed by atoms with E-state index < -0.39 is 97.2 Å². The van der Waals surface area contributed by atoms with E-state index in [2.05, 4.69) is 239 Å². The predicted octanol–water partition coefficient (Wildman–Crippen LogP) is 22.0. The predicted molar refractivity (Wildman–Crippen MR) is 480 cm³/mol. The van der Waals surface area contributed by atoms with E-state index in [9.17, 15) is 19.2 Å². The summed E-state index contributed by atoms with van der Waals surface area (Å²) < 4.78 is 31.3.